The average molecular weight is 285 g/mol. The maximum absolute atomic E-state index is 5.45. The van der Waals surface area contributed by atoms with E-state index in [-0.39, 0.29) is 5.41 Å². The molecular formula is C17H23N3O. The number of ether oxygens (including phenoxy) is 1. The molecule has 4 heteroatoms. The van der Waals surface area contributed by atoms with Crippen LogP contribution >= 0.6 is 0 Å². The first-order chi connectivity index (χ1) is 10.2. The van der Waals surface area contributed by atoms with Crippen LogP contribution in [0.5, 0.6) is 0 Å². The molecule has 1 aromatic heterocycles. The highest BCUT2D eigenvalue weighted by Gasteiger charge is 2.33. The van der Waals surface area contributed by atoms with E-state index in [1.165, 1.54) is 31.1 Å². The molecule has 2 aromatic rings. The Morgan fingerprint density at radius 3 is 2.57 bits per heavy atom. The molecule has 0 unspecified atom stereocenters. The average Bonchev–Trinajstić information content (AvgIpc) is 2.96. The van der Waals surface area contributed by atoms with E-state index in [0.29, 0.717) is 0 Å². The van der Waals surface area contributed by atoms with Gasteiger partial charge in [0.05, 0.1) is 12.3 Å². The lowest BCUT2D eigenvalue weighted by atomic mass is 9.87. The van der Waals surface area contributed by atoms with Crippen molar-refractivity contribution >= 4 is 16.6 Å². The lowest BCUT2D eigenvalue weighted by molar-refractivity contribution is 0.0923. The van der Waals surface area contributed by atoms with Crippen molar-refractivity contribution in [2.24, 2.45) is 5.41 Å². The first-order valence-corrected chi connectivity index (χ1v) is 7.69. The number of methoxy groups -OCH3 is 1. The third-order valence-corrected chi connectivity index (χ3v) is 4.62. The van der Waals surface area contributed by atoms with Gasteiger partial charge in [-0.25, -0.2) is 0 Å². The van der Waals surface area contributed by atoms with E-state index in [0.717, 1.165) is 30.0 Å². The Hall–Kier alpha value is -1.68. The zero-order valence-electron chi connectivity index (χ0n) is 12.9. The molecule has 1 aliphatic carbocycles. The Kier molecular flexibility index (Phi) is 4.06. The van der Waals surface area contributed by atoms with Crippen molar-refractivity contribution in [2.75, 3.05) is 25.6 Å². The third-order valence-electron chi connectivity index (χ3n) is 4.62. The van der Waals surface area contributed by atoms with Gasteiger partial charge in [-0.05, 0) is 19.8 Å². The second kappa shape index (κ2) is 5.98. The number of aryl methyl sites for hydroxylation is 1. The van der Waals surface area contributed by atoms with E-state index >= 15 is 0 Å². The number of hydrogen-bond acceptors (Lipinski definition) is 4. The van der Waals surface area contributed by atoms with Crippen LogP contribution < -0.4 is 5.32 Å². The summed E-state index contributed by atoms with van der Waals surface area (Å²) in [6, 6.07) is 8.31. The zero-order valence-corrected chi connectivity index (χ0v) is 12.9. The standard InChI is InChI=1S/C17H23N3O/c1-13-14-7-3-4-8-15(14)16(20-19-13)18-11-17(12-21-2)9-5-6-10-17/h3-4,7-8H,5-6,9-12H2,1-2H3,(H,18,20). The van der Waals surface area contributed by atoms with Gasteiger partial charge in [-0.2, -0.15) is 5.10 Å². The van der Waals surface area contributed by atoms with Crippen molar-refractivity contribution < 1.29 is 4.74 Å². The summed E-state index contributed by atoms with van der Waals surface area (Å²) in [6.45, 7) is 3.72. The molecule has 0 amide bonds. The van der Waals surface area contributed by atoms with E-state index in [2.05, 4.69) is 33.7 Å². The van der Waals surface area contributed by atoms with Crippen LogP contribution in [0.2, 0.25) is 0 Å². The summed E-state index contributed by atoms with van der Waals surface area (Å²) in [5.74, 6) is 0.888. The quantitative estimate of drug-likeness (QED) is 0.912. The SMILES string of the molecule is COCC1(CNc2nnc(C)c3ccccc23)CCCC1. The van der Waals surface area contributed by atoms with Crippen LogP contribution in [-0.4, -0.2) is 30.5 Å². The minimum atomic E-state index is 0.252. The van der Waals surface area contributed by atoms with Crippen LogP contribution in [0.4, 0.5) is 5.82 Å². The fourth-order valence-electron chi connectivity index (χ4n) is 3.44. The van der Waals surface area contributed by atoms with E-state index in [4.69, 9.17) is 4.74 Å². The van der Waals surface area contributed by atoms with Crippen LogP contribution in [0.3, 0.4) is 0 Å². The molecule has 0 radical (unpaired) electrons. The molecule has 3 rings (SSSR count). The van der Waals surface area contributed by atoms with Gasteiger partial charge in [0.1, 0.15) is 0 Å². The maximum atomic E-state index is 5.45. The fraction of sp³-hybridized carbons (Fsp3) is 0.529. The minimum absolute atomic E-state index is 0.252. The first-order valence-electron chi connectivity index (χ1n) is 7.69. The highest BCUT2D eigenvalue weighted by atomic mass is 16.5. The molecule has 0 bridgehead atoms. The van der Waals surface area contributed by atoms with Crippen molar-refractivity contribution in [3.63, 3.8) is 0 Å². The van der Waals surface area contributed by atoms with Crippen molar-refractivity contribution in [3.8, 4) is 0 Å². The number of anilines is 1. The van der Waals surface area contributed by atoms with Gasteiger partial charge >= 0.3 is 0 Å². The van der Waals surface area contributed by atoms with E-state index in [9.17, 15) is 0 Å². The second-order valence-corrected chi connectivity index (χ2v) is 6.17. The molecule has 1 saturated carbocycles. The van der Waals surface area contributed by atoms with E-state index in [1.54, 1.807) is 7.11 Å². The van der Waals surface area contributed by atoms with Crippen LogP contribution in [0.1, 0.15) is 31.4 Å². The summed E-state index contributed by atoms with van der Waals surface area (Å²) in [5.41, 5.74) is 1.23. The number of fused-ring (bicyclic) bond motifs is 1. The van der Waals surface area contributed by atoms with Crippen LogP contribution in [-0.2, 0) is 4.74 Å². The van der Waals surface area contributed by atoms with E-state index in [1.807, 2.05) is 13.0 Å². The Bertz CT molecular complexity index is 620. The van der Waals surface area contributed by atoms with Crippen LogP contribution in [0, 0.1) is 12.3 Å². The van der Waals surface area contributed by atoms with Crippen LogP contribution in [0.25, 0.3) is 10.8 Å². The first kappa shape index (κ1) is 14.3. The summed E-state index contributed by atoms with van der Waals surface area (Å²) in [7, 11) is 1.79. The van der Waals surface area contributed by atoms with Gasteiger partial charge in [0.2, 0.25) is 0 Å². The number of nitrogens with zero attached hydrogens (tertiary/aromatic N) is 2. The van der Waals surface area contributed by atoms with Crippen molar-refractivity contribution in [3.05, 3.63) is 30.0 Å². The molecule has 0 aliphatic heterocycles. The normalized spacial score (nSPS) is 17.2. The molecule has 1 fully saturated rings. The molecule has 0 atom stereocenters. The zero-order chi connectivity index (χ0) is 14.7. The number of aromatic nitrogens is 2. The summed E-state index contributed by atoms with van der Waals surface area (Å²) >= 11 is 0. The lowest BCUT2D eigenvalue weighted by Gasteiger charge is -2.28. The lowest BCUT2D eigenvalue weighted by Crippen LogP contribution is -2.31. The van der Waals surface area contributed by atoms with Gasteiger partial charge in [-0.1, -0.05) is 37.1 Å². The van der Waals surface area contributed by atoms with Crippen molar-refractivity contribution in [1.82, 2.24) is 10.2 Å². The summed E-state index contributed by atoms with van der Waals surface area (Å²) in [5, 5.41) is 14.5. The predicted octanol–water partition coefficient (Wildman–Crippen LogP) is 3.56. The Labute approximate surface area is 125 Å². The molecule has 1 heterocycles. The highest BCUT2D eigenvalue weighted by molar-refractivity contribution is 5.92. The highest BCUT2D eigenvalue weighted by Crippen LogP contribution is 2.38. The van der Waals surface area contributed by atoms with Crippen molar-refractivity contribution in [2.45, 2.75) is 32.6 Å². The van der Waals surface area contributed by atoms with Gasteiger partial charge in [-0.3, -0.25) is 0 Å². The minimum Gasteiger partial charge on any atom is -0.384 e. The second-order valence-electron chi connectivity index (χ2n) is 6.17. The predicted molar refractivity (Wildman–Crippen MR) is 85.5 cm³/mol. The molecular weight excluding hydrogens is 262 g/mol. The molecule has 0 saturated heterocycles. The summed E-state index contributed by atoms with van der Waals surface area (Å²) in [6.07, 6.45) is 5.05. The fourth-order valence-corrected chi connectivity index (χ4v) is 3.44. The molecule has 21 heavy (non-hydrogen) atoms. The van der Waals surface area contributed by atoms with Crippen LogP contribution in [0.15, 0.2) is 24.3 Å². The Balaban J connectivity index is 1.83. The van der Waals surface area contributed by atoms with Gasteiger partial charge in [0.25, 0.3) is 0 Å². The molecule has 0 spiro atoms. The van der Waals surface area contributed by atoms with Gasteiger partial charge < -0.3 is 10.1 Å². The van der Waals surface area contributed by atoms with Gasteiger partial charge in [0, 0.05) is 29.8 Å². The summed E-state index contributed by atoms with van der Waals surface area (Å²) in [4.78, 5) is 0. The number of nitrogens with one attached hydrogen (secondary N) is 1. The molecule has 112 valence electrons. The Morgan fingerprint density at radius 1 is 1.14 bits per heavy atom. The van der Waals surface area contributed by atoms with E-state index < -0.39 is 0 Å². The maximum Gasteiger partial charge on any atom is 0.156 e. The van der Waals surface area contributed by atoms with Crippen molar-refractivity contribution in [1.29, 1.82) is 0 Å². The third kappa shape index (κ3) is 2.86. The number of benzene rings is 1. The molecule has 1 aliphatic rings. The Morgan fingerprint density at radius 2 is 1.86 bits per heavy atom. The van der Waals surface area contributed by atoms with Gasteiger partial charge in [-0.15, -0.1) is 5.10 Å². The number of hydrogen-bond donors (Lipinski definition) is 1. The molecule has 1 N–H and O–H groups in total. The molecule has 4 nitrogen and oxygen atoms in total. The van der Waals surface area contributed by atoms with Gasteiger partial charge in [0.15, 0.2) is 5.82 Å². The smallest absolute Gasteiger partial charge is 0.156 e. The number of rotatable bonds is 5. The largest absolute Gasteiger partial charge is 0.384 e. The monoisotopic (exact) mass is 285 g/mol. The molecule has 1 aromatic carbocycles. The summed E-state index contributed by atoms with van der Waals surface area (Å²) < 4.78 is 5.45. The topological polar surface area (TPSA) is 47.0 Å².